The lowest BCUT2D eigenvalue weighted by atomic mass is 9.97. The van der Waals surface area contributed by atoms with Crippen molar-refractivity contribution in [2.75, 3.05) is 13.2 Å². The molecule has 0 radical (unpaired) electrons. The highest BCUT2D eigenvalue weighted by Gasteiger charge is 2.45. The molecule has 0 atom stereocenters. The Kier molecular flexibility index (Phi) is 4.62. The van der Waals surface area contributed by atoms with Crippen molar-refractivity contribution in [3.05, 3.63) is 63.6 Å². The van der Waals surface area contributed by atoms with Crippen molar-refractivity contribution in [1.29, 1.82) is 0 Å². The minimum absolute atomic E-state index is 0.0795. The summed E-state index contributed by atoms with van der Waals surface area (Å²) in [5.74, 6) is -1.40. The zero-order valence-electron chi connectivity index (χ0n) is 11.6. The number of rotatable bonds is 3. The lowest BCUT2D eigenvalue weighted by Gasteiger charge is -2.30. The van der Waals surface area contributed by atoms with E-state index in [1.165, 1.54) is 12.1 Å². The Bertz CT molecular complexity index is 831. The van der Waals surface area contributed by atoms with E-state index < -0.39 is 14.8 Å². The predicted octanol–water partition coefficient (Wildman–Crippen LogP) is 4.17. The van der Waals surface area contributed by atoms with Gasteiger partial charge in [0, 0.05) is 21.8 Å². The molecule has 0 amide bonds. The average molecular weight is 394 g/mol. The van der Waals surface area contributed by atoms with Crippen LogP contribution in [0.1, 0.15) is 11.1 Å². The fourth-order valence-corrected chi connectivity index (χ4v) is 4.65. The third kappa shape index (κ3) is 2.97. The molecular weight excluding hydrogens is 383 g/mol. The number of benzene rings is 2. The van der Waals surface area contributed by atoms with Gasteiger partial charge in [-0.3, -0.25) is 0 Å². The largest absolute Gasteiger partial charge is 0.340 e. The van der Waals surface area contributed by atoms with Crippen LogP contribution < -0.4 is 0 Å². The molecule has 1 fully saturated rings. The van der Waals surface area contributed by atoms with Crippen LogP contribution in [0.4, 0.5) is 0 Å². The highest BCUT2D eigenvalue weighted by molar-refractivity contribution is 8.13. The Morgan fingerprint density at radius 1 is 0.957 bits per heavy atom. The van der Waals surface area contributed by atoms with Crippen molar-refractivity contribution < 1.29 is 17.9 Å². The summed E-state index contributed by atoms with van der Waals surface area (Å²) in [5, 5.41) is -0.0792. The van der Waals surface area contributed by atoms with Crippen molar-refractivity contribution in [3.8, 4) is 0 Å². The Morgan fingerprint density at radius 3 is 2.13 bits per heavy atom. The van der Waals surface area contributed by atoms with E-state index in [2.05, 4.69) is 0 Å². The second-order valence-corrected chi connectivity index (χ2v) is 8.14. The average Bonchev–Trinajstić information content (AvgIpc) is 3.00. The number of ether oxygens (including phenoxy) is 2. The van der Waals surface area contributed by atoms with E-state index in [0.717, 1.165) is 0 Å². The molecule has 0 unspecified atom stereocenters. The first kappa shape index (κ1) is 17.0. The molecule has 0 spiro atoms. The predicted molar refractivity (Wildman–Crippen MR) is 88.6 cm³/mol. The first-order chi connectivity index (χ1) is 10.9. The molecular formula is C15H11Cl3O4S. The zero-order chi connectivity index (χ0) is 16.7. The van der Waals surface area contributed by atoms with E-state index in [1.54, 1.807) is 24.3 Å². The molecule has 1 saturated heterocycles. The van der Waals surface area contributed by atoms with Gasteiger partial charge in [0.25, 0.3) is 9.05 Å². The Morgan fingerprint density at radius 2 is 1.57 bits per heavy atom. The van der Waals surface area contributed by atoms with Crippen molar-refractivity contribution in [3.63, 3.8) is 0 Å². The number of hydrogen-bond donors (Lipinski definition) is 0. The maximum Gasteiger partial charge on any atom is 0.263 e. The molecule has 122 valence electrons. The molecule has 0 aliphatic carbocycles. The topological polar surface area (TPSA) is 52.6 Å². The molecule has 1 heterocycles. The fraction of sp³-hybridized carbons (Fsp3) is 0.200. The monoisotopic (exact) mass is 392 g/mol. The van der Waals surface area contributed by atoms with Crippen molar-refractivity contribution in [1.82, 2.24) is 0 Å². The third-order valence-corrected chi connectivity index (χ3v) is 5.79. The standard InChI is InChI=1S/C15H11Cl3O4S/c16-12-7-6-11(14(13(12)17)23(18,19)20)15(21-8-9-22-15)10-4-2-1-3-5-10/h1-7H,8-9H2. The molecule has 4 nitrogen and oxygen atoms in total. The van der Waals surface area contributed by atoms with Gasteiger partial charge in [-0.25, -0.2) is 8.42 Å². The quantitative estimate of drug-likeness (QED) is 0.735. The summed E-state index contributed by atoms with van der Waals surface area (Å²) >= 11 is 12.1. The van der Waals surface area contributed by atoms with E-state index in [0.29, 0.717) is 18.8 Å². The van der Waals surface area contributed by atoms with Gasteiger partial charge in [-0.05, 0) is 6.07 Å². The molecule has 1 aliphatic heterocycles. The van der Waals surface area contributed by atoms with E-state index in [-0.39, 0.29) is 20.5 Å². The summed E-state index contributed by atoms with van der Waals surface area (Å²) in [4.78, 5) is -0.306. The van der Waals surface area contributed by atoms with E-state index in [9.17, 15) is 8.42 Å². The van der Waals surface area contributed by atoms with Crippen molar-refractivity contribution in [2.45, 2.75) is 10.7 Å². The Balaban J connectivity index is 2.34. The highest BCUT2D eigenvalue weighted by atomic mass is 35.7. The van der Waals surface area contributed by atoms with Gasteiger partial charge in [-0.2, -0.15) is 0 Å². The molecule has 23 heavy (non-hydrogen) atoms. The maximum atomic E-state index is 12.1. The van der Waals surface area contributed by atoms with Crippen LogP contribution in [0.3, 0.4) is 0 Å². The Hall–Kier alpha value is -0.820. The van der Waals surface area contributed by atoms with Gasteiger partial charge in [-0.1, -0.05) is 59.6 Å². The first-order valence-electron chi connectivity index (χ1n) is 6.63. The fourth-order valence-electron chi connectivity index (χ4n) is 2.58. The van der Waals surface area contributed by atoms with Gasteiger partial charge in [-0.15, -0.1) is 0 Å². The molecule has 2 aromatic rings. The zero-order valence-corrected chi connectivity index (χ0v) is 14.7. The van der Waals surface area contributed by atoms with Crippen LogP contribution in [0.25, 0.3) is 0 Å². The molecule has 8 heteroatoms. The molecule has 0 bridgehead atoms. The van der Waals surface area contributed by atoms with Gasteiger partial charge in [0.1, 0.15) is 4.90 Å². The minimum Gasteiger partial charge on any atom is -0.340 e. The SMILES string of the molecule is O=S(=O)(Cl)c1c(C2(c3ccccc3)OCCO2)ccc(Cl)c1Cl. The van der Waals surface area contributed by atoms with Crippen LogP contribution in [-0.2, 0) is 24.3 Å². The summed E-state index contributed by atoms with van der Waals surface area (Å²) in [6.07, 6.45) is 0. The lowest BCUT2D eigenvalue weighted by molar-refractivity contribution is -0.131. The summed E-state index contributed by atoms with van der Waals surface area (Å²) in [6, 6.07) is 12.0. The molecule has 0 N–H and O–H groups in total. The van der Waals surface area contributed by atoms with Gasteiger partial charge in [0.15, 0.2) is 0 Å². The second-order valence-electron chi connectivity index (χ2n) is 4.86. The summed E-state index contributed by atoms with van der Waals surface area (Å²) < 4.78 is 35.7. The normalized spacial score (nSPS) is 17.3. The van der Waals surface area contributed by atoms with Crippen LogP contribution in [0.2, 0.25) is 10.0 Å². The molecule has 0 saturated carbocycles. The van der Waals surface area contributed by atoms with Crippen LogP contribution >= 0.6 is 33.9 Å². The minimum atomic E-state index is -4.17. The van der Waals surface area contributed by atoms with Gasteiger partial charge < -0.3 is 9.47 Å². The van der Waals surface area contributed by atoms with Crippen molar-refractivity contribution in [2.24, 2.45) is 0 Å². The second kappa shape index (κ2) is 6.24. The highest BCUT2D eigenvalue weighted by Crippen LogP contribution is 2.45. The number of hydrogen-bond acceptors (Lipinski definition) is 4. The molecule has 1 aliphatic rings. The Labute approximate surface area is 148 Å². The maximum absolute atomic E-state index is 12.1. The summed E-state index contributed by atoms with van der Waals surface area (Å²) in [7, 11) is 1.41. The molecule has 0 aromatic heterocycles. The summed E-state index contributed by atoms with van der Waals surface area (Å²) in [6.45, 7) is 0.605. The van der Waals surface area contributed by atoms with Gasteiger partial charge >= 0.3 is 0 Å². The first-order valence-corrected chi connectivity index (χ1v) is 9.69. The molecule has 2 aromatic carbocycles. The van der Waals surface area contributed by atoms with Crippen LogP contribution in [-0.4, -0.2) is 21.6 Å². The summed E-state index contributed by atoms with van der Waals surface area (Å²) in [5.41, 5.74) is 0.836. The third-order valence-electron chi connectivity index (χ3n) is 3.50. The van der Waals surface area contributed by atoms with Crippen LogP contribution in [0.5, 0.6) is 0 Å². The van der Waals surface area contributed by atoms with Crippen LogP contribution in [0.15, 0.2) is 47.4 Å². The van der Waals surface area contributed by atoms with E-state index >= 15 is 0 Å². The van der Waals surface area contributed by atoms with E-state index in [1.807, 2.05) is 6.07 Å². The van der Waals surface area contributed by atoms with Gasteiger partial charge in [0.05, 0.1) is 23.3 Å². The van der Waals surface area contributed by atoms with Gasteiger partial charge in [0.2, 0.25) is 5.79 Å². The lowest BCUT2D eigenvalue weighted by Crippen LogP contribution is -2.30. The van der Waals surface area contributed by atoms with Crippen molar-refractivity contribution >= 4 is 42.9 Å². The van der Waals surface area contributed by atoms with E-state index in [4.69, 9.17) is 43.4 Å². The van der Waals surface area contributed by atoms with Crippen LogP contribution in [0, 0.1) is 0 Å². The molecule has 3 rings (SSSR count). The smallest absolute Gasteiger partial charge is 0.263 e. The number of halogens is 3.